The van der Waals surface area contributed by atoms with Gasteiger partial charge in [0, 0.05) is 0 Å². The Bertz CT molecular complexity index is 237. The fraction of sp³-hybridized carbons (Fsp3) is 0.500. The van der Waals surface area contributed by atoms with Gasteiger partial charge in [0.1, 0.15) is 0 Å². The maximum Gasteiger partial charge on any atom is 0.0958 e. The van der Waals surface area contributed by atoms with E-state index < -0.39 is 0 Å². The maximum absolute atomic E-state index is 9.16. The highest BCUT2D eigenvalue weighted by Gasteiger charge is 2.20. The first kappa shape index (κ1) is 8.19. The normalized spacial score (nSPS) is 24.9. The van der Waals surface area contributed by atoms with Crippen molar-refractivity contribution >= 4 is 11.3 Å². The number of hydrogen-bond donors (Lipinski definition) is 1. The fourth-order valence-corrected chi connectivity index (χ4v) is 1.89. The van der Waals surface area contributed by atoms with Crippen LogP contribution in [0.5, 0.6) is 0 Å². The summed E-state index contributed by atoms with van der Waals surface area (Å²) >= 11 is 1.68. The van der Waals surface area contributed by atoms with E-state index in [2.05, 4.69) is 11.4 Å². The van der Waals surface area contributed by atoms with Crippen LogP contribution >= 0.6 is 11.3 Å². The number of β-amino-alcohol motifs (C(OH)–C–C–N with tert-alkyl or cyclic N) is 1. The van der Waals surface area contributed by atoms with Crippen LogP contribution in [0.2, 0.25) is 0 Å². The van der Waals surface area contributed by atoms with Crippen LogP contribution in [0.15, 0.2) is 16.8 Å². The molecule has 0 bridgehead atoms. The lowest BCUT2D eigenvalue weighted by atomic mass is 10.3. The molecule has 66 valence electrons. The molecule has 1 aliphatic rings. The minimum atomic E-state index is -0.316. The largest absolute Gasteiger partial charge is 0.389 e. The van der Waals surface area contributed by atoms with Crippen molar-refractivity contribution in [2.75, 3.05) is 13.2 Å². The maximum atomic E-state index is 9.16. The van der Waals surface area contributed by atoms with Gasteiger partial charge in [-0.05, 0) is 22.4 Å². The molecule has 1 aromatic rings. The first-order chi connectivity index (χ1) is 5.84. The first-order valence-corrected chi connectivity index (χ1v) is 4.86. The van der Waals surface area contributed by atoms with Crippen LogP contribution in [-0.2, 0) is 11.4 Å². The zero-order valence-electron chi connectivity index (χ0n) is 6.64. The SMILES string of the molecule is O[C@H]1CON(Cc2ccsc2)C1. The molecule has 1 saturated heterocycles. The van der Waals surface area contributed by atoms with Gasteiger partial charge in [-0.25, -0.2) is 0 Å². The summed E-state index contributed by atoms with van der Waals surface area (Å²) in [6, 6.07) is 2.07. The van der Waals surface area contributed by atoms with E-state index in [4.69, 9.17) is 9.94 Å². The van der Waals surface area contributed by atoms with Gasteiger partial charge in [0.2, 0.25) is 0 Å². The van der Waals surface area contributed by atoms with Crippen molar-refractivity contribution in [2.24, 2.45) is 0 Å². The number of nitrogens with zero attached hydrogens (tertiary/aromatic N) is 1. The van der Waals surface area contributed by atoms with Crippen molar-refractivity contribution < 1.29 is 9.94 Å². The molecule has 1 N–H and O–H groups in total. The Morgan fingerprint density at radius 2 is 2.67 bits per heavy atom. The lowest BCUT2D eigenvalue weighted by Gasteiger charge is -2.11. The van der Waals surface area contributed by atoms with Gasteiger partial charge >= 0.3 is 0 Å². The number of hydroxylamine groups is 2. The Balaban J connectivity index is 1.88. The molecule has 1 aromatic heterocycles. The molecule has 2 heterocycles. The number of rotatable bonds is 2. The summed E-state index contributed by atoms with van der Waals surface area (Å²) in [5.41, 5.74) is 1.24. The molecule has 1 atom stereocenters. The Hall–Kier alpha value is -0.420. The second kappa shape index (κ2) is 3.53. The quantitative estimate of drug-likeness (QED) is 0.741. The molecule has 2 rings (SSSR count). The standard InChI is InChI=1S/C8H11NO2S/c10-8-4-9(11-5-8)3-7-1-2-12-6-7/h1-2,6,8,10H,3-5H2/t8-/m1/s1. The summed E-state index contributed by atoms with van der Waals surface area (Å²) in [6.07, 6.45) is -0.316. The highest BCUT2D eigenvalue weighted by molar-refractivity contribution is 7.07. The van der Waals surface area contributed by atoms with E-state index in [1.54, 1.807) is 16.4 Å². The molecule has 3 nitrogen and oxygen atoms in total. The molecular weight excluding hydrogens is 174 g/mol. The van der Waals surface area contributed by atoms with Gasteiger partial charge in [0.25, 0.3) is 0 Å². The van der Waals surface area contributed by atoms with Crippen LogP contribution in [-0.4, -0.2) is 29.4 Å². The summed E-state index contributed by atoms with van der Waals surface area (Å²) in [5, 5.41) is 15.1. The first-order valence-electron chi connectivity index (χ1n) is 3.91. The van der Waals surface area contributed by atoms with Crippen molar-refractivity contribution in [1.82, 2.24) is 5.06 Å². The van der Waals surface area contributed by atoms with Gasteiger partial charge < -0.3 is 5.11 Å². The average molecular weight is 185 g/mol. The summed E-state index contributed by atoms with van der Waals surface area (Å²) in [5.74, 6) is 0. The minimum absolute atomic E-state index is 0.316. The van der Waals surface area contributed by atoms with Crippen molar-refractivity contribution in [3.05, 3.63) is 22.4 Å². The van der Waals surface area contributed by atoms with E-state index in [0.29, 0.717) is 13.2 Å². The minimum Gasteiger partial charge on any atom is -0.389 e. The van der Waals surface area contributed by atoms with Gasteiger partial charge in [-0.3, -0.25) is 4.84 Å². The summed E-state index contributed by atoms with van der Waals surface area (Å²) in [7, 11) is 0. The predicted molar refractivity (Wildman–Crippen MR) is 46.7 cm³/mol. The van der Waals surface area contributed by atoms with Crippen LogP contribution in [0, 0.1) is 0 Å². The Labute approximate surface area is 75.1 Å². The molecule has 0 amide bonds. The molecular formula is C8H11NO2S. The van der Waals surface area contributed by atoms with Gasteiger partial charge in [-0.1, -0.05) is 0 Å². The van der Waals surface area contributed by atoms with E-state index in [9.17, 15) is 0 Å². The Kier molecular flexibility index (Phi) is 2.41. The van der Waals surface area contributed by atoms with Crippen molar-refractivity contribution in [1.29, 1.82) is 0 Å². The van der Waals surface area contributed by atoms with Gasteiger partial charge in [-0.2, -0.15) is 16.4 Å². The number of hydrogen-bond acceptors (Lipinski definition) is 4. The zero-order chi connectivity index (χ0) is 8.39. The van der Waals surface area contributed by atoms with Crippen LogP contribution in [0.1, 0.15) is 5.56 Å². The van der Waals surface area contributed by atoms with E-state index in [1.807, 2.05) is 5.38 Å². The number of aliphatic hydroxyl groups is 1. The molecule has 0 spiro atoms. The number of aliphatic hydroxyl groups excluding tert-OH is 1. The smallest absolute Gasteiger partial charge is 0.0958 e. The third-order valence-corrected chi connectivity index (χ3v) is 2.53. The van der Waals surface area contributed by atoms with Crippen LogP contribution in [0.3, 0.4) is 0 Å². The lowest BCUT2D eigenvalue weighted by molar-refractivity contribution is -0.117. The molecule has 12 heavy (non-hydrogen) atoms. The second-order valence-electron chi connectivity index (χ2n) is 2.90. The number of thiophene rings is 1. The van der Waals surface area contributed by atoms with Gasteiger partial charge in [-0.15, -0.1) is 0 Å². The van der Waals surface area contributed by atoms with Gasteiger partial charge in [0.05, 0.1) is 25.8 Å². The van der Waals surface area contributed by atoms with Crippen molar-refractivity contribution in [2.45, 2.75) is 12.6 Å². The van der Waals surface area contributed by atoms with Crippen LogP contribution in [0.25, 0.3) is 0 Å². The highest BCUT2D eigenvalue weighted by Crippen LogP contribution is 2.13. The third-order valence-electron chi connectivity index (χ3n) is 1.80. The topological polar surface area (TPSA) is 32.7 Å². The van der Waals surface area contributed by atoms with Gasteiger partial charge in [0.15, 0.2) is 0 Å². The molecule has 0 unspecified atom stereocenters. The molecule has 1 fully saturated rings. The van der Waals surface area contributed by atoms with E-state index in [-0.39, 0.29) is 6.10 Å². The third kappa shape index (κ3) is 1.84. The lowest BCUT2D eigenvalue weighted by Crippen LogP contribution is -2.20. The zero-order valence-corrected chi connectivity index (χ0v) is 7.46. The van der Waals surface area contributed by atoms with Crippen molar-refractivity contribution in [3.8, 4) is 0 Å². The van der Waals surface area contributed by atoms with Crippen LogP contribution in [0.4, 0.5) is 0 Å². The second-order valence-corrected chi connectivity index (χ2v) is 3.68. The summed E-state index contributed by atoms with van der Waals surface area (Å²) in [4.78, 5) is 5.23. The van der Waals surface area contributed by atoms with Crippen LogP contribution < -0.4 is 0 Å². The molecule has 4 heteroatoms. The van der Waals surface area contributed by atoms with E-state index in [0.717, 1.165) is 6.54 Å². The molecule has 1 aliphatic heterocycles. The van der Waals surface area contributed by atoms with Crippen molar-refractivity contribution in [3.63, 3.8) is 0 Å². The average Bonchev–Trinajstić information content (AvgIpc) is 2.63. The van der Waals surface area contributed by atoms with E-state index in [1.165, 1.54) is 5.56 Å². The Morgan fingerprint density at radius 1 is 1.75 bits per heavy atom. The summed E-state index contributed by atoms with van der Waals surface area (Å²) < 4.78 is 0. The Morgan fingerprint density at radius 3 is 3.25 bits per heavy atom. The fourth-order valence-electron chi connectivity index (χ4n) is 1.23. The molecule has 0 aliphatic carbocycles. The predicted octanol–water partition coefficient (Wildman–Crippen LogP) is 0.856. The molecule has 0 aromatic carbocycles. The summed E-state index contributed by atoms with van der Waals surface area (Å²) in [6.45, 7) is 1.83. The molecule has 0 saturated carbocycles. The van der Waals surface area contributed by atoms with E-state index >= 15 is 0 Å². The molecule has 0 radical (unpaired) electrons. The highest BCUT2D eigenvalue weighted by atomic mass is 32.1. The monoisotopic (exact) mass is 185 g/mol.